The number of methoxy groups -OCH3 is 2. The summed E-state index contributed by atoms with van der Waals surface area (Å²) in [5, 5.41) is 3.14. The van der Waals surface area contributed by atoms with Crippen molar-refractivity contribution in [2.75, 3.05) is 26.1 Å². The van der Waals surface area contributed by atoms with E-state index in [4.69, 9.17) is 14.2 Å². The van der Waals surface area contributed by atoms with Crippen molar-refractivity contribution in [1.29, 1.82) is 0 Å². The maximum absolute atomic E-state index is 13.2. The van der Waals surface area contributed by atoms with Crippen LogP contribution in [0.1, 0.15) is 26.3 Å². The van der Waals surface area contributed by atoms with E-state index in [1.54, 1.807) is 45.2 Å². The molecule has 2 aromatic carbocycles. The van der Waals surface area contributed by atoms with E-state index in [1.807, 2.05) is 25.1 Å². The second kappa shape index (κ2) is 8.90. The smallest absolute Gasteiger partial charge is 0.278 e. The third-order valence-electron chi connectivity index (χ3n) is 4.75. The zero-order valence-electron chi connectivity index (χ0n) is 17.8. The first-order valence-electron chi connectivity index (χ1n) is 9.76. The van der Waals surface area contributed by atoms with E-state index < -0.39 is 0 Å². The maximum Gasteiger partial charge on any atom is 0.278 e. The molecule has 2 aromatic rings. The molecule has 1 aliphatic heterocycles. The summed E-state index contributed by atoms with van der Waals surface area (Å²) in [7, 11) is 3.06. The highest BCUT2D eigenvalue weighted by Gasteiger charge is 2.41. The Morgan fingerprint density at radius 2 is 1.63 bits per heavy atom. The first-order valence-corrected chi connectivity index (χ1v) is 9.76. The molecule has 0 saturated heterocycles. The summed E-state index contributed by atoms with van der Waals surface area (Å²) >= 11 is 0. The van der Waals surface area contributed by atoms with Crippen molar-refractivity contribution in [2.24, 2.45) is 0 Å². The molecular formula is C23H26N2O5. The van der Waals surface area contributed by atoms with Gasteiger partial charge in [0.25, 0.3) is 11.8 Å². The lowest BCUT2D eigenvalue weighted by molar-refractivity contribution is -0.138. The molecule has 7 nitrogen and oxygen atoms in total. The van der Waals surface area contributed by atoms with Crippen molar-refractivity contribution in [3.05, 3.63) is 53.7 Å². The number of hydrogen-bond acceptors (Lipinski definition) is 6. The molecule has 0 unspecified atom stereocenters. The van der Waals surface area contributed by atoms with Crippen LogP contribution in [0.5, 0.6) is 17.2 Å². The summed E-state index contributed by atoms with van der Waals surface area (Å²) in [6, 6.07) is 12.2. The van der Waals surface area contributed by atoms with E-state index in [2.05, 4.69) is 5.32 Å². The number of imide groups is 1. The van der Waals surface area contributed by atoms with Crippen LogP contribution in [0.25, 0.3) is 5.57 Å². The minimum Gasteiger partial charge on any atom is -0.493 e. The third kappa shape index (κ3) is 3.83. The van der Waals surface area contributed by atoms with Gasteiger partial charge in [-0.15, -0.1) is 0 Å². The van der Waals surface area contributed by atoms with Gasteiger partial charge in [-0.3, -0.25) is 14.5 Å². The van der Waals surface area contributed by atoms with Gasteiger partial charge in [0, 0.05) is 6.04 Å². The molecule has 2 amide bonds. The lowest BCUT2D eigenvalue weighted by atomic mass is 10.0. The van der Waals surface area contributed by atoms with Gasteiger partial charge in [-0.05, 0) is 50.6 Å². The quantitative estimate of drug-likeness (QED) is 0.669. The molecule has 7 heteroatoms. The van der Waals surface area contributed by atoms with Gasteiger partial charge in [-0.25, -0.2) is 0 Å². The molecule has 1 heterocycles. The Labute approximate surface area is 176 Å². The fraction of sp³-hybridized carbons (Fsp3) is 0.304. The van der Waals surface area contributed by atoms with E-state index in [-0.39, 0.29) is 29.1 Å². The van der Waals surface area contributed by atoms with Gasteiger partial charge < -0.3 is 19.5 Å². The van der Waals surface area contributed by atoms with Gasteiger partial charge in [0.2, 0.25) is 0 Å². The van der Waals surface area contributed by atoms with E-state index in [1.165, 1.54) is 12.0 Å². The number of carbonyl (C=O) groups excluding carboxylic acids is 2. The summed E-state index contributed by atoms with van der Waals surface area (Å²) in [6.07, 6.45) is 0. The SMILES string of the molecule is CCOc1ccccc1NC1=C(c2ccc(OC)c(OC)c2)C(=O)N(C(C)C)C1=O. The van der Waals surface area contributed by atoms with Gasteiger partial charge in [-0.1, -0.05) is 18.2 Å². The van der Waals surface area contributed by atoms with E-state index in [0.29, 0.717) is 35.1 Å². The second-order valence-electron chi connectivity index (χ2n) is 6.95. The molecule has 1 N–H and O–H groups in total. The number of benzene rings is 2. The van der Waals surface area contributed by atoms with Crippen LogP contribution in [0.4, 0.5) is 5.69 Å². The van der Waals surface area contributed by atoms with E-state index in [0.717, 1.165) is 0 Å². The van der Waals surface area contributed by atoms with Crippen molar-refractivity contribution in [3.8, 4) is 17.2 Å². The van der Waals surface area contributed by atoms with Crippen molar-refractivity contribution < 1.29 is 23.8 Å². The number of nitrogens with zero attached hydrogens (tertiary/aromatic N) is 1. The van der Waals surface area contributed by atoms with E-state index >= 15 is 0 Å². The average Bonchev–Trinajstić information content (AvgIpc) is 2.98. The molecule has 0 saturated carbocycles. The normalized spacial score (nSPS) is 13.9. The van der Waals surface area contributed by atoms with Gasteiger partial charge in [0.05, 0.1) is 32.1 Å². The Bertz CT molecular complexity index is 997. The molecule has 1 aliphatic rings. The molecule has 0 aliphatic carbocycles. The minimum absolute atomic E-state index is 0.202. The summed E-state index contributed by atoms with van der Waals surface area (Å²) in [4.78, 5) is 27.7. The van der Waals surface area contributed by atoms with Gasteiger partial charge >= 0.3 is 0 Å². The highest BCUT2D eigenvalue weighted by Crippen LogP contribution is 2.37. The predicted octanol–water partition coefficient (Wildman–Crippen LogP) is 3.70. The van der Waals surface area contributed by atoms with Crippen molar-refractivity contribution in [3.63, 3.8) is 0 Å². The minimum atomic E-state index is -0.383. The molecular weight excluding hydrogens is 384 g/mol. The second-order valence-corrected chi connectivity index (χ2v) is 6.95. The third-order valence-corrected chi connectivity index (χ3v) is 4.75. The van der Waals surface area contributed by atoms with Crippen LogP contribution in [0, 0.1) is 0 Å². The Morgan fingerprint density at radius 1 is 0.933 bits per heavy atom. The molecule has 158 valence electrons. The van der Waals surface area contributed by atoms with E-state index in [9.17, 15) is 9.59 Å². The number of para-hydroxylation sites is 2. The summed E-state index contributed by atoms with van der Waals surface area (Å²) < 4.78 is 16.3. The molecule has 0 fully saturated rings. The number of carbonyl (C=O) groups is 2. The Hall–Kier alpha value is -3.48. The Morgan fingerprint density at radius 3 is 2.27 bits per heavy atom. The molecule has 3 rings (SSSR count). The largest absolute Gasteiger partial charge is 0.493 e. The molecule has 0 atom stereocenters. The lowest BCUT2D eigenvalue weighted by Crippen LogP contribution is -2.38. The number of nitrogens with one attached hydrogen (secondary N) is 1. The van der Waals surface area contributed by atoms with Crippen molar-refractivity contribution in [2.45, 2.75) is 26.8 Å². The fourth-order valence-corrected chi connectivity index (χ4v) is 3.38. The number of hydrogen-bond donors (Lipinski definition) is 1. The van der Waals surface area contributed by atoms with Crippen LogP contribution >= 0.6 is 0 Å². The Balaban J connectivity index is 2.15. The van der Waals surface area contributed by atoms with Gasteiger partial charge in [-0.2, -0.15) is 0 Å². The molecule has 0 spiro atoms. The highest BCUT2D eigenvalue weighted by atomic mass is 16.5. The molecule has 30 heavy (non-hydrogen) atoms. The summed E-state index contributed by atoms with van der Waals surface area (Å²) in [6.45, 7) is 5.97. The van der Waals surface area contributed by atoms with Crippen LogP contribution in [0.3, 0.4) is 0 Å². The van der Waals surface area contributed by atoms with Crippen LogP contribution < -0.4 is 19.5 Å². The zero-order valence-corrected chi connectivity index (χ0v) is 17.8. The number of amides is 2. The topological polar surface area (TPSA) is 77.1 Å². The predicted molar refractivity (Wildman–Crippen MR) is 115 cm³/mol. The Kier molecular flexibility index (Phi) is 6.30. The van der Waals surface area contributed by atoms with Crippen molar-refractivity contribution >= 4 is 23.1 Å². The number of ether oxygens (including phenoxy) is 3. The lowest BCUT2D eigenvalue weighted by Gasteiger charge is -2.19. The highest BCUT2D eigenvalue weighted by molar-refractivity contribution is 6.36. The fourth-order valence-electron chi connectivity index (χ4n) is 3.38. The van der Waals surface area contributed by atoms with Crippen molar-refractivity contribution in [1.82, 2.24) is 4.90 Å². The first-order chi connectivity index (χ1) is 14.4. The summed E-state index contributed by atoms with van der Waals surface area (Å²) in [5.41, 5.74) is 1.65. The number of anilines is 1. The van der Waals surface area contributed by atoms with Crippen LogP contribution in [-0.4, -0.2) is 43.6 Å². The molecule has 0 radical (unpaired) electrons. The van der Waals surface area contributed by atoms with Gasteiger partial charge in [0.1, 0.15) is 11.4 Å². The average molecular weight is 410 g/mol. The van der Waals surface area contributed by atoms with Crippen LogP contribution in [0.2, 0.25) is 0 Å². The number of rotatable bonds is 8. The maximum atomic E-state index is 13.2. The monoisotopic (exact) mass is 410 g/mol. The zero-order chi connectivity index (χ0) is 21.8. The standard InChI is InChI=1S/C23H26N2O5/c1-6-30-17-10-8-7-9-16(17)24-21-20(22(26)25(14(2)3)23(21)27)15-11-12-18(28-4)19(13-15)29-5/h7-14,24H,6H2,1-5H3. The van der Waals surface area contributed by atoms with Crippen LogP contribution in [-0.2, 0) is 9.59 Å². The van der Waals surface area contributed by atoms with Crippen LogP contribution in [0.15, 0.2) is 48.2 Å². The molecule has 0 bridgehead atoms. The first kappa shape index (κ1) is 21.2. The summed E-state index contributed by atoms with van der Waals surface area (Å²) in [5.74, 6) is 0.863. The molecule has 0 aromatic heterocycles. The van der Waals surface area contributed by atoms with Gasteiger partial charge in [0.15, 0.2) is 11.5 Å².